The molecule has 0 N–H and O–H groups in total. The minimum atomic E-state index is -4.79. The molecular formula is C32H24Br2N4O6S2. The third-order valence-electron chi connectivity index (χ3n) is 6.99. The molecule has 0 unspecified atom stereocenters. The first-order valence-corrected chi connectivity index (χ1v) is 18.1. The summed E-state index contributed by atoms with van der Waals surface area (Å²) in [5.41, 5.74) is 3.28. The number of aromatic nitrogens is 2. The number of rotatable bonds is 9. The van der Waals surface area contributed by atoms with Gasteiger partial charge in [0.25, 0.3) is 31.8 Å². The second-order valence-electron chi connectivity index (χ2n) is 10.1. The Balaban J connectivity index is 1.61. The van der Waals surface area contributed by atoms with E-state index in [-0.39, 0.29) is 30.1 Å². The standard InChI is InChI=1S/C32H24Br2N4O6S2/c1-21-29(33)31(43-35-21)37(45(39,40)27-17-9-15-25(19-27)23-11-5-3-6-12-23)38(32-30(34)22(2)36-44-32)46(41,42)28-18-10-16-26(20-28)24-13-7-4-8-14-24/h3-20H,1-2H3. The van der Waals surface area contributed by atoms with Crippen LogP contribution in [0.2, 0.25) is 0 Å². The predicted octanol–water partition coefficient (Wildman–Crippen LogP) is 8.14. The molecule has 46 heavy (non-hydrogen) atoms. The van der Waals surface area contributed by atoms with Crippen molar-refractivity contribution in [1.29, 1.82) is 0 Å². The molecule has 0 spiro atoms. The first-order chi connectivity index (χ1) is 22.0. The number of anilines is 2. The van der Waals surface area contributed by atoms with Gasteiger partial charge in [0.15, 0.2) is 0 Å². The van der Waals surface area contributed by atoms with Crippen LogP contribution in [-0.4, -0.2) is 27.1 Å². The van der Waals surface area contributed by atoms with Gasteiger partial charge in [-0.25, -0.2) is 0 Å². The lowest BCUT2D eigenvalue weighted by molar-refractivity contribution is 0.404. The maximum absolute atomic E-state index is 14.8. The number of benzene rings is 4. The van der Waals surface area contributed by atoms with Gasteiger partial charge in [0, 0.05) is 0 Å². The zero-order valence-corrected chi connectivity index (χ0v) is 29.0. The highest BCUT2D eigenvalue weighted by atomic mass is 79.9. The SMILES string of the molecule is Cc1noc(N(N(c2onc(C)c2Br)S(=O)(=O)c2cccc(-c3ccccc3)c2)S(=O)(=O)c2cccc(-c3ccccc3)c2)c1Br. The first-order valence-electron chi connectivity index (χ1n) is 13.6. The molecule has 2 heterocycles. The smallest absolute Gasteiger partial charge is 0.285 e. The van der Waals surface area contributed by atoms with Gasteiger partial charge in [0.05, 0.1) is 21.2 Å². The van der Waals surface area contributed by atoms with Crippen molar-refractivity contribution in [3.05, 3.63) is 130 Å². The van der Waals surface area contributed by atoms with Crippen molar-refractivity contribution >= 4 is 63.7 Å². The van der Waals surface area contributed by atoms with Crippen LogP contribution in [0.3, 0.4) is 0 Å². The molecule has 0 atom stereocenters. The Morgan fingerprint density at radius 3 is 1.20 bits per heavy atom. The van der Waals surface area contributed by atoms with Gasteiger partial charge >= 0.3 is 0 Å². The number of sulfonamides is 2. The van der Waals surface area contributed by atoms with E-state index in [0.717, 1.165) is 11.1 Å². The molecule has 0 radical (unpaired) electrons. The van der Waals surface area contributed by atoms with Crippen LogP contribution in [0, 0.1) is 13.8 Å². The van der Waals surface area contributed by atoms with E-state index in [0.29, 0.717) is 20.0 Å². The summed E-state index contributed by atoms with van der Waals surface area (Å²) < 4.78 is 71.6. The van der Waals surface area contributed by atoms with Crippen LogP contribution in [-0.2, 0) is 20.0 Å². The molecule has 0 fully saturated rings. The van der Waals surface area contributed by atoms with Crippen molar-refractivity contribution in [2.24, 2.45) is 0 Å². The zero-order chi connectivity index (χ0) is 32.6. The van der Waals surface area contributed by atoms with Crippen molar-refractivity contribution in [3.63, 3.8) is 0 Å². The highest BCUT2D eigenvalue weighted by molar-refractivity contribution is 9.11. The fourth-order valence-corrected chi connectivity index (χ4v) is 8.71. The average Bonchev–Trinajstić information content (AvgIpc) is 3.58. The Hall–Kier alpha value is -4.24. The Bertz CT molecular complexity index is 2100. The van der Waals surface area contributed by atoms with Gasteiger partial charge in [0.2, 0.25) is 0 Å². The molecule has 0 aliphatic heterocycles. The van der Waals surface area contributed by atoms with E-state index in [1.54, 1.807) is 38.1 Å². The molecule has 10 nitrogen and oxygen atoms in total. The van der Waals surface area contributed by atoms with E-state index in [1.807, 2.05) is 60.7 Å². The van der Waals surface area contributed by atoms with Gasteiger partial charge in [-0.05, 0) is 92.2 Å². The highest BCUT2D eigenvalue weighted by Crippen LogP contribution is 2.42. The van der Waals surface area contributed by atoms with Crippen molar-refractivity contribution in [1.82, 2.24) is 10.3 Å². The summed E-state index contributed by atoms with van der Waals surface area (Å²) in [6.45, 7) is 3.16. The largest absolute Gasteiger partial charge is 0.334 e. The van der Waals surface area contributed by atoms with Crippen molar-refractivity contribution < 1.29 is 25.9 Å². The summed E-state index contributed by atoms with van der Waals surface area (Å²) in [5, 5.41) is 7.83. The van der Waals surface area contributed by atoms with E-state index in [9.17, 15) is 16.8 Å². The second kappa shape index (κ2) is 12.5. The molecule has 0 bridgehead atoms. The summed E-state index contributed by atoms with van der Waals surface area (Å²) in [6.07, 6.45) is 0. The van der Waals surface area contributed by atoms with E-state index < -0.39 is 31.8 Å². The van der Waals surface area contributed by atoms with Crippen LogP contribution in [0.25, 0.3) is 22.3 Å². The number of hydrogen-bond donors (Lipinski definition) is 0. The van der Waals surface area contributed by atoms with E-state index in [2.05, 4.69) is 42.2 Å². The first kappa shape index (κ1) is 31.7. The Morgan fingerprint density at radius 2 is 0.870 bits per heavy atom. The van der Waals surface area contributed by atoms with E-state index >= 15 is 0 Å². The quantitative estimate of drug-likeness (QED) is 0.135. The van der Waals surface area contributed by atoms with Crippen LogP contribution in [0.1, 0.15) is 11.4 Å². The highest BCUT2D eigenvalue weighted by Gasteiger charge is 2.46. The van der Waals surface area contributed by atoms with Crippen LogP contribution < -0.4 is 8.83 Å². The van der Waals surface area contributed by atoms with Crippen molar-refractivity contribution in [3.8, 4) is 22.3 Å². The molecule has 0 amide bonds. The number of nitrogens with zero attached hydrogens (tertiary/aromatic N) is 4. The fraction of sp³-hybridized carbons (Fsp3) is 0.0625. The summed E-state index contributed by atoms with van der Waals surface area (Å²) in [5.74, 6) is -0.849. The molecule has 2 aromatic heterocycles. The molecule has 6 aromatic rings. The lowest BCUT2D eigenvalue weighted by Crippen LogP contribution is -2.50. The van der Waals surface area contributed by atoms with Gasteiger partial charge in [0.1, 0.15) is 8.95 Å². The lowest BCUT2D eigenvalue weighted by Gasteiger charge is -2.32. The Morgan fingerprint density at radius 1 is 0.522 bits per heavy atom. The normalized spacial score (nSPS) is 11.8. The third-order valence-corrected chi connectivity index (χ3v) is 12.2. The molecule has 234 valence electrons. The number of hydrogen-bond acceptors (Lipinski definition) is 8. The van der Waals surface area contributed by atoms with Gasteiger partial charge < -0.3 is 9.05 Å². The summed E-state index contributed by atoms with van der Waals surface area (Å²) >= 11 is 6.71. The topological polar surface area (TPSA) is 127 Å². The summed E-state index contributed by atoms with van der Waals surface area (Å²) in [7, 11) is -9.59. The third kappa shape index (κ3) is 5.77. The summed E-state index contributed by atoms with van der Waals surface area (Å²) in [6, 6.07) is 30.7. The van der Waals surface area contributed by atoms with Crippen LogP contribution in [0.15, 0.2) is 137 Å². The molecule has 14 heteroatoms. The van der Waals surface area contributed by atoms with Gasteiger partial charge in [-0.1, -0.05) is 95.2 Å². The Kier molecular flexibility index (Phi) is 8.63. The molecule has 6 rings (SSSR count). The maximum Gasteiger partial charge on any atom is 0.285 e. The molecule has 0 aliphatic rings. The monoisotopic (exact) mass is 782 g/mol. The summed E-state index contributed by atoms with van der Waals surface area (Å²) in [4.78, 5) is -0.444. The minimum absolute atomic E-state index is 0.112. The van der Waals surface area contributed by atoms with Crippen molar-refractivity contribution in [2.45, 2.75) is 23.6 Å². The number of halogens is 2. The van der Waals surface area contributed by atoms with Crippen LogP contribution in [0.4, 0.5) is 11.8 Å². The molecule has 0 saturated heterocycles. The Labute approximate surface area is 282 Å². The molecule has 0 saturated carbocycles. The predicted molar refractivity (Wildman–Crippen MR) is 181 cm³/mol. The number of aryl methyl sites for hydroxylation is 2. The van der Waals surface area contributed by atoms with Gasteiger partial charge in [-0.15, -0.1) is 8.83 Å². The molecule has 0 aliphatic carbocycles. The van der Waals surface area contributed by atoms with Crippen molar-refractivity contribution in [2.75, 3.05) is 8.83 Å². The van der Waals surface area contributed by atoms with Gasteiger partial charge in [-0.2, -0.15) is 16.8 Å². The molecule has 4 aromatic carbocycles. The zero-order valence-electron chi connectivity index (χ0n) is 24.2. The lowest BCUT2D eigenvalue weighted by atomic mass is 10.1. The molecular weight excluding hydrogens is 760 g/mol. The maximum atomic E-state index is 14.8. The van der Waals surface area contributed by atoms with Crippen LogP contribution >= 0.6 is 31.9 Å². The second-order valence-corrected chi connectivity index (χ2v) is 15.2. The average molecular weight is 785 g/mol. The van der Waals surface area contributed by atoms with E-state index in [4.69, 9.17) is 9.05 Å². The van der Waals surface area contributed by atoms with E-state index in [1.165, 1.54) is 24.3 Å². The fourth-order valence-electron chi connectivity index (χ4n) is 4.64. The minimum Gasteiger partial charge on any atom is -0.334 e. The van der Waals surface area contributed by atoms with Crippen LogP contribution in [0.5, 0.6) is 0 Å². The van der Waals surface area contributed by atoms with Gasteiger partial charge in [-0.3, -0.25) is 0 Å². The number of hydrazine groups is 1.